The summed E-state index contributed by atoms with van der Waals surface area (Å²) in [6.45, 7) is 2.66. The first-order chi connectivity index (χ1) is 11.5. The molecule has 2 aliphatic rings. The second kappa shape index (κ2) is 7.45. The quantitative estimate of drug-likeness (QED) is 0.767. The lowest BCUT2D eigenvalue weighted by atomic mass is 10.1. The van der Waals surface area contributed by atoms with E-state index in [-0.39, 0.29) is 10.8 Å². The fourth-order valence-electron chi connectivity index (χ4n) is 3.36. The molecule has 0 atom stereocenters. The molecule has 0 aliphatic carbocycles. The lowest BCUT2D eigenvalue weighted by molar-refractivity contribution is 0.0720. The Morgan fingerprint density at radius 2 is 1.62 bits per heavy atom. The highest BCUT2D eigenvalue weighted by molar-refractivity contribution is 7.98. The van der Waals surface area contributed by atoms with Gasteiger partial charge in [-0.15, -0.1) is 11.8 Å². The fraction of sp³-hybridized carbons (Fsp3) is 0.588. The maximum atomic E-state index is 12.9. The van der Waals surface area contributed by atoms with Gasteiger partial charge >= 0.3 is 0 Å². The van der Waals surface area contributed by atoms with Crippen molar-refractivity contribution in [1.82, 2.24) is 9.21 Å². The number of carbonyl (C=O) groups is 1. The number of piperidine rings is 1. The molecule has 1 aromatic rings. The number of benzene rings is 1. The number of hydrogen-bond acceptors (Lipinski definition) is 4. The smallest absolute Gasteiger partial charge is 0.255 e. The van der Waals surface area contributed by atoms with Crippen LogP contribution in [0.2, 0.25) is 0 Å². The van der Waals surface area contributed by atoms with Crippen molar-refractivity contribution in [3.63, 3.8) is 0 Å². The highest BCUT2D eigenvalue weighted by Crippen LogP contribution is 2.28. The van der Waals surface area contributed by atoms with E-state index in [0.717, 1.165) is 50.1 Å². The van der Waals surface area contributed by atoms with Crippen molar-refractivity contribution in [1.29, 1.82) is 0 Å². The minimum absolute atomic E-state index is 0.0440. The van der Waals surface area contributed by atoms with Crippen LogP contribution in [0, 0.1) is 0 Å². The van der Waals surface area contributed by atoms with Crippen LogP contribution in [0.5, 0.6) is 0 Å². The van der Waals surface area contributed by atoms with Crippen molar-refractivity contribution in [3.05, 3.63) is 23.8 Å². The molecule has 132 valence electrons. The second-order valence-electron chi connectivity index (χ2n) is 6.33. The Hall–Kier alpha value is -1.05. The lowest BCUT2D eigenvalue weighted by Crippen LogP contribution is -2.36. The van der Waals surface area contributed by atoms with E-state index in [9.17, 15) is 13.2 Å². The molecular weight excluding hydrogens is 344 g/mol. The molecule has 24 heavy (non-hydrogen) atoms. The summed E-state index contributed by atoms with van der Waals surface area (Å²) in [7, 11) is -3.50. The van der Waals surface area contributed by atoms with Gasteiger partial charge in [-0.2, -0.15) is 4.31 Å². The Bertz CT molecular complexity index is 707. The van der Waals surface area contributed by atoms with Gasteiger partial charge in [-0.3, -0.25) is 4.79 Å². The first kappa shape index (κ1) is 17.8. The monoisotopic (exact) mass is 368 g/mol. The number of nitrogens with zero attached hydrogens (tertiary/aromatic N) is 2. The molecule has 1 aromatic carbocycles. The van der Waals surface area contributed by atoms with Crippen LogP contribution in [0.1, 0.15) is 42.5 Å². The van der Waals surface area contributed by atoms with Crippen molar-refractivity contribution >= 4 is 27.7 Å². The van der Waals surface area contributed by atoms with Crippen LogP contribution in [-0.2, 0) is 10.0 Å². The summed E-state index contributed by atoms with van der Waals surface area (Å²) in [6, 6.07) is 4.98. The molecule has 0 unspecified atom stereocenters. The molecular formula is C17H24N2O3S2. The van der Waals surface area contributed by atoms with Gasteiger partial charge in [0.15, 0.2) is 0 Å². The van der Waals surface area contributed by atoms with Gasteiger partial charge in [0.2, 0.25) is 10.0 Å². The van der Waals surface area contributed by atoms with Gasteiger partial charge in [0.25, 0.3) is 5.91 Å². The summed E-state index contributed by atoms with van der Waals surface area (Å²) in [6.07, 6.45) is 6.92. The molecule has 0 aromatic heterocycles. The van der Waals surface area contributed by atoms with E-state index in [1.165, 1.54) is 16.1 Å². The average Bonchev–Trinajstić information content (AvgIpc) is 3.17. The van der Waals surface area contributed by atoms with Crippen molar-refractivity contribution in [2.45, 2.75) is 41.9 Å². The predicted molar refractivity (Wildman–Crippen MR) is 96.0 cm³/mol. The van der Waals surface area contributed by atoms with Crippen LogP contribution < -0.4 is 0 Å². The van der Waals surface area contributed by atoms with Crippen LogP contribution >= 0.6 is 11.8 Å². The minimum atomic E-state index is -3.50. The zero-order valence-electron chi connectivity index (χ0n) is 14.0. The molecule has 7 heteroatoms. The topological polar surface area (TPSA) is 57.7 Å². The number of rotatable bonds is 4. The van der Waals surface area contributed by atoms with Crippen molar-refractivity contribution < 1.29 is 13.2 Å². The molecule has 0 radical (unpaired) electrons. The molecule has 2 heterocycles. The third kappa shape index (κ3) is 3.48. The molecule has 2 aliphatic heterocycles. The molecule has 0 N–H and O–H groups in total. The van der Waals surface area contributed by atoms with Crippen molar-refractivity contribution in [2.24, 2.45) is 0 Å². The van der Waals surface area contributed by atoms with Crippen LogP contribution in [0.15, 0.2) is 28.0 Å². The van der Waals surface area contributed by atoms with Gasteiger partial charge in [-0.25, -0.2) is 8.42 Å². The van der Waals surface area contributed by atoms with Gasteiger partial charge in [0.1, 0.15) is 0 Å². The Kier molecular flexibility index (Phi) is 5.52. The summed E-state index contributed by atoms with van der Waals surface area (Å²) >= 11 is 1.48. The molecule has 1 amide bonds. The third-order valence-electron chi connectivity index (χ3n) is 4.75. The second-order valence-corrected chi connectivity index (χ2v) is 9.11. The minimum Gasteiger partial charge on any atom is -0.339 e. The van der Waals surface area contributed by atoms with Crippen molar-refractivity contribution in [2.75, 3.05) is 32.4 Å². The molecule has 0 bridgehead atoms. The Balaban J connectivity index is 1.94. The predicted octanol–water partition coefficient (Wildman–Crippen LogP) is 2.82. The highest BCUT2D eigenvalue weighted by atomic mass is 32.2. The van der Waals surface area contributed by atoms with E-state index < -0.39 is 10.0 Å². The van der Waals surface area contributed by atoms with E-state index in [2.05, 4.69) is 0 Å². The molecule has 3 rings (SSSR count). The largest absolute Gasteiger partial charge is 0.339 e. The summed E-state index contributed by atoms with van der Waals surface area (Å²) < 4.78 is 27.1. The van der Waals surface area contributed by atoms with Crippen LogP contribution in [0.3, 0.4) is 0 Å². The van der Waals surface area contributed by atoms with E-state index in [0.29, 0.717) is 18.7 Å². The van der Waals surface area contributed by atoms with Gasteiger partial charge < -0.3 is 4.90 Å². The highest BCUT2D eigenvalue weighted by Gasteiger charge is 2.29. The number of carbonyl (C=O) groups excluding carboxylic acids is 1. The van der Waals surface area contributed by atoms with Gasteiger partial charge in [0.05, 0.1) is 10.5 Å². The first-order valence-corrected chi connectivity index (χ1v) is 11.2. The molecule has 0 saturated carbocycles. The number of sulfonamides is 1. The number of hydrogen-bond donors (Lipinski definition) is 0. The van der Waals surface area contributed by atoms with E-state index in [1.54, 1.807) is 18.2 Å². The zero-order valence-corrected chi connectivity index (χ0v) is 15.7. The normalized spacial score (nSPS) is 19.6. The van der Waals surface area contributed by atoms with E-state index in [1.807, 2.05) is 11.2 Å². The third-order valence-corrected chi connectivity index (χ3v) is 7.44. The molecule has 2 fully saturated rings. The number of amides is 1. The molecule has 2 saturated heterocycles. The van der Waals surface area contributed by atoms with E-state index >= 15 is 0 Å². The zero-order chi connectivity index (χ0) is 17.2. The Morgan fingerprint density at radius 1 is 1.00 bits per heavy atom. The fourth-order valence-corrected chi connectivity index (χ4v) is 5.47. The molecule has 0 spiro atoms. The standard InChI is InChI=1S/C17H24N2O3S2/c1-23-16-8-7-14(24(21,22)19-11-5-6-12-19)13-15(16)17(20)18-9-3-2-4-10-18/h7-8,13H,2-6,9-12H2,1H3. The van der Waals surface area contributed by atoms with Crippen LogP contribution in [-0.4, -0.2) is 56.0 Å². The van der Waals surface area contributed by atoms with Gasteiger partial charge in [-0.05, 0) is 56.6 Å². The lowest BCUT2D eigenvalue weighted by Gasteiger charge is -2.27. The van der Waals surface area contributed by atoms with Crippen LogP contribution in [0.25, 0.3) is 0 Å². The number of likely N-dealkylation sites (tertiary alicyclic amines) is 1. The summed E-state index contributed by atoms with van der Waals surface area (Å²) in [5, 5.41) is 0. The Morgan fingerprint density at radius 3 is 2.25 bits per heavy atom. The Labute approximate surface area is 148 Å². The molecule has 5 nitrogen and oxygen atoms in total. The van der Waals surface area contributed by atoms with Crippen molar-refractivity contribution in [3.8, 4) is 0 Å². The summed E-state index contributed by atoms with van der Waals surface area (Å²) in [5.74, 6) is -0.0440. The summed E-state index contributed by atoms with van der Waals surface area (Å²) in [5.41, 5.74) is 0.518. The summed E-state index contributed by atoms with van der Waals surface area (Å²) in [4.78, 5) is 15.8. The first-order valence-electron chi connectivity index (χ1n) is 8.51. The van der Waals surface area contributed by atoms with E-state index in [4.69, 9.17) is 0 Å². The van der Waals surface area contributed by atoms with Gasteiger partial charge in [0, 0.05) is 31.1 Å². The SMILES string of the molecule is CSc1ccc(S(=O)(=O)N2CCCC2)cc1C(=O)N1CCCCC1. The van der Waals surface area contributed by atoms with Crippen LogP contribution in [0.4, 0.5) is 0 Å². The number of thioether (sulfide) groups is 1. The average molecular weight is 369 g/mol. The maximum absolute atomic E-state index is 12.9. The maximum Gasteiger partial charge on any atom is 0.255 e. The van der Waals surface area contributed by atoms with Gasteiger partial charge in [-0.1, -0.05) is 0 Å².